The number of hydrogen-bond acceptors (Lipinski definition) is 5. The van der Waals surface area contributed by atoms with Gasteiger partial charge in [0.2, 0.25) is 6.79 Å². The number of esters is 1. The number of rotatable bonds is 3. The van der Waals surface area contributed by atoms with E-state index in [1.165, 1.54) is 0 Å². The fraction of sp³-hybridized carbons (Fsp3) is 0.333. The third-order valence-electron chi connectivity index (χ3n) is 3.41. The minimum atomic E-state index is -0.399. The van der Waals surface area contributed by atoms with Gasteiger partial charge in [0.25, 0.3) is 0 Å². The van der Waals surface area contributed by atoms with Crippen molar-refractivity contribution in [1.29, 1.82) is 0 Å². The van der Waals surface area contributed by atoms with E-state index >= 15 is 0 Å². The van der Waals surface area contributed by atoms with Gasteiger partial charge < -0.3 is 18.8 Å². The second-order valence-electron chi connectivity index (χ2n) is 4.60. The number of ether oxygens (including phenoxy) is 3. The molecule has 1 aromatic heterocycles. The minimum absolute atomic E-state index is 0.204. The zero-order valence-corrected chi connectivity index (χ0v) is 12.7. The molecule has 1 aliphatic heterocycles. The first kappa shape index (κ1) is 13.9. The van der Waals surface area contributed by atoms with Crippen LogP contribution in [0, 0.1) is 4.51 Å². The summed E-state index contributed by atoms with van der Waals surface area (Å²) < 4.78 is 18.3. The average molecular weight is 305 g/mol. The first-order chi connectivity index (χ1) is 10.2. The number of aryl methyl sites for hydroxylation is 1. The molecule has 0 bridgehead atoms. The molecule has 1 aliphatic rings. The lowest BCUT2D eigenvalue weighted by Crippen LogP contribution is -2.09. The maximum Gasteiger partial charge on any atom is 0.341 e. The molecular weight excluding hydrogens is 290 g/mol. The summed E-state index contributed by atoms with van der Waals surface area (Å²) in [6, 6.07) is 3.72. The second kappa shape index (κ2) is 5.37. The molecule has 0 fully saturated rings. The van der Waals surface area contributed by atoms with Crippen LogP contribution in [0.5, 0.6) is 11.5 Å². The molecule has 0 amide bonds. The SMILES string of the molecule is CCOC(=O)c1cn(CC)c2cc3c(cc2c1=S)OCO3. The highest BCUT2D eigenvalue weighted by Crippen LogP contribution is 2.37. The molecule has 2 heterocycles. The number of hydrogen-bond donors (Lipinski definition) is 0. The Kier molecular flexibility index (Phi) is 3.55. The lowest BCUT2D eigenvalue weighted by atomic mass is 10.1. The molecule has 110 valence electrons. The monoisotopic (exact) mass is 305 g/mol. The number of carbonyl (C=O) groups excluding carboxylic acids is 1. The Bertz CT molecular complexity index is 781. The van der Waals surface area contributed by atoms with Gasteiger partial charge in [-0.25, -0.2) is 4.79 Å². The van der Waals surface area contributed by atoms with Crippen LogP contribution in [0.1, 0.15) is 24.2 Å². The first-order valence-electron chi connectivity index (χ1n) is 6.79. The van der Waals surface area contributed by atoms with Crippen LogP contribution in [0.25, 0.3) is 10.9 Å². The molecular formula is C15H15NO4S. The molecule has 1 aromatic carbocycles. The molecule has 0 radical (unpaired) electrons. The van der Waals surface area contributed by atoms with Gasteiger partial charge in [-0.3, -0.25) is 0 Å². The van der Waals surface area contributed by atoms with Crippen molar-refractivity contribution in [1.82, 2.24) is 4.57 Å². The van der Waals surface area contributed by atoms with Crippen LogP contribution in [0.4, 0.5) is 0 Å². The zero-order chi connectivity index (χ0) is 15.0. The molecule has 5 nitrogen and oxygen atoms in total. The summed E-state index contributed by atoms with van der Waals surface area (Å²) in [6.45, 7) is 5.00. The van der Waals surface area contributed by atoms with Crippen molar-refractivity contribution in [3.63, 3.8) is 0 Å². The molecule has 0 unspecified atom stereocenters. The largest absolute Gasteiger partial charge is 0.462 e. The number of aromatic nitrogens is 1. The summed E-state index contributed by atoms with van der Waals surface area (Å²) in [5, 5.41) is 0.793. The van der Waals surface area contributed by atoms with E-state index in [9.17, 15) is 4.79 Å². The Morgan fingerprint density at radius 3 is 2.71 bits per heavy atom. The molecule has 0 spiro atoms. The maximum absolute atomic E-state index is 12.1. The Balaban J connectivity index is 2.29. The Morgan fingerprint density at radius 2 is 2.05 bits per heavy atom. The number of carbonyl (C=O) groups is 1. The number of pyridine rings is 1. The molecule has 3 rings (SSSR count). The van der Waals surface area contributed by atoms with Crippen molar-refractivity contribution in [3.05, 3.63) is 28.4 Å². The van der Waals surface area contributed by atoms with Crippen LogP contribution in [-0.4, -0.2) is 23.9 Å². The van der Waals surface area contributed by atoms with Crippen LogP contribution in [0.3, 0.4) is 0 Å². The molecule has 0 saturated carbocycles. The molecule has 0 aliphatic carbocycles. The van der Waals surface area contributed by atoms with Crippen LogP contribution in [0.2, 0.25) is 0 Å². The summed E-state index contributed by atoms with van der Waals surface area (Å²) in [7, 11) is 0. The minimum Gasteiger partial charge on any atom is -0.462 e. The van der Waals surface area contributed by atoms with E-state index in [2.05, 4.69) is 0 Å². The van der Waals surface area contributed by atoms with Crippen LogP contribution >= 0.6 is 12.2 Å². The quantitative estimate of drug-likeness (QED) is 0.643. The first-order valence-corrected chi connectivity index (χ1v) is 7.20. The Morgan fingerprint density at radius 1 is 1.33 bits per heavy atom. The van der Waals surface area contributed by atoms with Gasteiger partial charge in [0.1, 0.15) is 0 Å². The highest BCUT2D eigenvalue weighted by atomic mass is 32.1. The molecule has 2 aromatic rings. The molecule has 0 atom stereocenters. The Hall–Kier alpha value is -2.08. The van der Waals surface area contributed by atoms with Gasteiger partial charge in [0.05, 0.1) is 22.2 Å². The maximum atomic E-state index is 12.1. The normalized spacial score (nSPS) is 12.7. The van der Waals surface area contributed by atoms with E-state index in [0.717, 1.165) is 10.9 Å². The molecule has 6 heteroatoms. The molecule has 21 heavy (non-hydrogen) atoms. The van der Waals surface area contributed by atoms with E-state index in [0.29, 0.717) is 34.7 Å². The highest BCUT2D eigenvalue weighted by molar-refractivity contribution is 7.71. The third-order valence-corrected chi connectivity index (χ3v) is 3.85. The van der Waals surface area contributed by atoms with Gasteiger partial charge in [-0.15, -0.1) is 0 Å². The average Bonchev–Trinajstić information content (AvgIpc) is 2.93. The Labute approximate surface area is 127 Å². The van der Waals surface area contributed by atoms with E-state index < -0.39 is 5.97 Å². The molecule has 0 saturated heterocycles. The van der Waals surface area contributed by atoms with Gasteiger partial charge >= 0.3 is 5.97 Å². The summed E-state index contributed by atoms with van der Waals surface area (Å²) in [4.78, 5) is 12.1. The van der Waals surface area contributed by atoms with Crippen molar-refractivity contribution in [3.8, 4) is 11.5 Å². The van der Waals surface area contributed by atoms with Gasteiger partial charge in [-0.1, -0.05) is 12.2 Å². The molecule has 0 N–H and O–H groups in total. The predicted molar refractivity (Wildman–Crippen MR) is 80.5 cm³/mol. The lowest BCUT2D eigenvalue weighted by Gasteiger charge is -2.13. The van der Waals surface area contributed by atoms with Gasteiger partial charge in [0.15, 0.2) is 11.5 Å². The standard InChI is InChI=1S/C15H15NO4S/c1-3-16-7-10(15(17)18-4-2)14(21)9-5-12-13(6-11(9)16)20-8-19-12/h5-7H,3-4,8H2,1-2H3. The fourth-order valence-electron chi connectivity index (χ4n) is 2.40. The topological polar surface area (TPSA) is 49.7 Å². The third kappa shape index (κ3) is 2.25. The summed E-state index contributed by atoms with van der Waals surface area (Å²) in [6.07, 6.45) is 1.74. The fourth-order valence-corrected chi connectivity index (χ4v) is 2.70. The van der Waals surface area contributed by atoms with Gasteiger partial charge in [-0.2, -0.15) is 0 Å². The predicted octanol–water partition coefficient (Wildman–Crippen LogP) is 3.30. The smallest absolute Gasteiger partial charge is 0.341 e. The summed E-state index contributed by atoms with van der Waals surface area (Å²) >= 11 is 5.45. The van der Waals surface area contributed by atoms with Gasteiger partial charge in [-0.05, 0) is 19.9 Å². The van der Waals surface area contributed by atoms with E-state index in [4.69, 9.17) is 26.4 Å². The van der Waals surface area contributed by atoms with Crippen LogP contribution in [0.15, 0.2) is 18.3 Å². The van der Waals surface area contributed by atoms with Crippen LogP contribution < -0.4 is 9.47 Å². The number of nitrogens with zero attached hydrogens (tertiary/aromatic N) is 1. The summed E-state index contributed by atoms with van der Waals surface area (Å²) in [5.41, 5.74) is 1.32. The second-order valence-corrected chi connectivity index (χ2v) is 5.01. The van der Waals surface area contributed by atoms with Crippen molar-refractivity contribution >= 4 is 29.1 Å². The number of benzene rings is 1. The number of fused-ring (bicyclic) bond motifs is 2. The van der Waals surface area contributed by atoms with E-state index in [-0.39, 0.29) is 6.79 Å². The van der Waals surface area contributed by atoms with Crippen molar-refractivity contribution in [2.75, 3.05) is 13.4 Å². The van der Waals surface area contributed by atoms with E-state index in [1.807, 2.05) is 23.6 Å². The highest BCUT2D eigenvalue weighted by Gasteiger charge is 2.19. The van der Waals surface area contributed by atoms with Gasteiger partial charge in [0, 0.05) is 24.2 Å². The van der Waals surface area contributed by atoms with Crippen molar-refractivity contribution in [2.24, 2.45) is 0 Å². The van der Waals surface area contributed by atoms with E-state index in [1.54, 1.807) is 13.1 Å². The summed E-state index contributed by atoms with van der Waals surface area (Å²) in [5.74, 6) is 0.949. The van der Waals surface area contributed by atoms with Crippen molar-refractivity contribution in [2.45, 2.75) is 20.4 Å². The lowest BCUT2D eigenvalue weighted by molar-refractivity contribution is 0.0525. The zero-order valence-electron chi connectivity index (χ0n) is 11.8. The van der Waals surface area contributed by atoms with Crippen molar-refractivity contribution < 1.29 is 19.0 Å². The van der Waals surface area contributed by atoms with Crippen LogP contribution in [-0.2, 0) is 11.3 Å².